The molecule has 1 aromatic carbocycles. The minimum absolute atomic E-state index is 0.124. The lowest BCUT2D eigenvalue weighted by Crippen LogP contribution is -2.30. The van der Waals surface area contributed by atoms with E-state index in [0.29, 0.717) is 10.6 Å². The summed E-state index contributed by atoms with van der Waals surface area (Å²) in [6.45, 7) is 0.406. The Kier molecular flexibility index (Phi) is 5.03. The third kappa shape index (κ3) is 3.51. The number of aliphatic carboxylic acids is 1. The monoisotopic (exact) mass is 360 g/mol. The van der Waals surface area contributed by atoms with Crippen LogP contribution in [0.4, 0.5) is 4.39 Å². The Morgan fingerprint density at radius 1 is 1.24 bits per heavy atom. The maximum Gasteiger partial charge on any atom is 0.308 e. The number of carboxylic acids is 1. The largest absolute Gasteiger partial charge is 0.481 e. The molecular weight excluding hydrogens is 343 g/mol. The van der Waals surface area contributed by atoms with E-state index in [2.05, 4.69) is 4.98 Å². The molecule has 1 fully saturated rings. The smallest absolute Gasteiger partial charge is 0.308 e. The van der Waals surface area contributed by atoms with E-state index >= 15 is 0 Å². The minimum Gasteiger partial charge on any atom is -0.481 e. The maximum atomic E-state index is 13.1. The third-order valence-electron chi connectivity index (χ3n) is 4.42. The number of benzene rings is 1. The second-order valence-electron chi connectivity index (χ2n) is 5.87. The van der Waals surface area contributed by atoms with Crippen LogP contribution in [0.1, 0.15) is 21.8 Å². The lowest BCUT2D eigenvalue weighted by molar-refractivity contribution is -0.141. The second kappa shape index (κ2) is 7.23. The Morgan fingerprint density at radius 2 is 1.96 bits per heavy atom. The number of halogens is 1. The first kappa shape index (κ1) is 17.4. The summed E-state index contributed by atoms with van der Waals surface area (Å²) in [5, 5.41) is 10.2. The van der Waals surface area contributed by atoms with E-state index in [-0.39, 0.29) is 30.7 Å². The summed E-state index contributed by atoms with van der Waals surface area (Å²) in [4.78, 5) is 30.2. The number of rotatable bonds is 4. The molecule has 1 N–H and O–H groups in total. The van der Waals surface area contributed by atoms with Crippen LogP contribution in [0, 0.1) is 11.7 Å². The SMILES string of the molecule is CSc1ncccc1C(=O)N1C[C@H](C(=O)O)[C@@H](c2ccc(F)cc2)C1. The number of thioether (sulfide) groups is 1. The number of amides is 1. The van der Waals surface area contributed by atoms with E-state index in [4.69, 9.17) is 0 Å². The normalized spacial score (nSPS) is 19.8. The van der Waals surface area contributed by atoms with Crippen LogP contribution in [-0.4, -0.2) is 46.2 Å². The highest BCUT2D eigenvalue weighted by molar-refractivity contribution is 7.98. The fourth-order valence-electron chi connectivity index (χ4n) is 3.15. The molecule has 2 atom stereocenters. The molecule has 2 aromatic rings. The number of carboxylic acid groups (broad SMARTS) is 1. The summed E-state index contributed by atoms with van der Waals surface area (Å²) in [5.74, 6) is -2.64. The topological polar surface area (TPSA) is 70.5 Å². The van der Waals surface area contributed by atoms with E-state index in [1.54, 1.807) is 35.4 Å². The molecule has 1 aliphatic heterocycles. The van der Waals surface area contributed by atoms with Gasteiger partial charge >= 0.3 is 5.97 Å². The van der Waals surface area contributed by atoms with Crippen LogP contribution < -0.4 is 0 Å². The lowest BCUT2D eigenvalue weighted by atomic mass is 9.89. The quantitative estimate of drug-likeness (QED) is 0.849. The van der Waals surface area contributed by atoms with E-state index in [1.165, 1.54) is 23.9 Å². The first-order valence-corrected chi connectivity index (χ1v) is 9.00. The number of carbonyl (C=O) groups is 2. The summed E-state index contributed by atoms with van der Waals surface area (Å²) in [6.07, 6.45) is 3.46. The van der Waals surface area contributed by atoms with Crippen molar-refractivity contribution in [1.29, 1.82) is 0 Å². The van der Waals surface area contributed by atoms with Gasteiger partial charge in [0.15, 0.2) is 0 Å². The number of nitrogens with zero attached hydrogens (tertiary/aromatic N) is 2. The van der Waals surface area contributed by atoms with Gasteiger partial charge in [0, 0.05) is 25.2 Å². The average Bonchev–Trinajstić information content (AvgIpc) is 3.07. The molecule has 1 amide bonds. The fraction of sp³-hybridized carbons (Fsp3) is 0.278. The Morgan fingerprint density at radius 3 is 2.60 bits per heavy atom. The summed E-state index contributed by atoms with van der Waals surface area (Å²) >= 11 is 1.37. The molecule has 0 spiro atoms. The van der Waals surface area contributed by atoms with Gasteiger partial charge in [0.05, 0.1) is 11.5 Å². The van der Waals surface area contributed by atoms with Gasteiger partial charge in [0.2, 0.25) is 0 Å². The van der Waals surface area contributed by atoms with Crippen molar-refractivity contribution in [1.82, 2.24) is 9.88 Å². The molecule has 0 radical (unpaired) electrons. The van der Waals surface area contributed by atoms with Gasteiger partial charge in [-0.1, -0.05) is 12.1 Å². The molecule has 0 unspecified atom stereocenters. The van der Waals surface area contributed by atoms with Crippen LogP contribution in [0.25, 0.3) is 0 Å². The lowest BCUT2D eigenvalue weighted by Gasteiger charge is -2.17. The molecular formula is C18H17FN2O3S. The van der Waals surface area contributed by atoms with E-state index in [9.17, 15) is 19.1 Å². The summed E-state index contributed by atoms with van der Waals surface area (Å²) in [7, 11) is 0. The van der Waals surface area contributed by atoms with E-state index < -0.39 is 11.9 Å². The number of likely N-dealkylation sites (tertiary alicyclic amines) is 1. The zero-order chi connectivity index (χ0) is 18.0. The zero-order valence-corrected chi connectivity index (χ0v) is 14.4. The van der Waals surface area contributed by atoms with Crippen molar-refractivity contribution >= 4 is 23.6 Å². The van der Waals surface area contributed by atoms with Gasteiger partial charge in [-0.2, -0.15) is 0 Å². The Labute approximate surface area is 148 Å². The molecule has 130 valence electrons. The second-order valence-corrected chi connectivity index (χ2v) is 6.67. The number of carbonyl (C=O) groups excluding carboxylic acids is 1. The van der Waals surface area contributed by atoms with Crippen molar-refractivity contribution in [2.75, 3.05) is 19.3 Å². The van der Waals surface area contributed by atoms with Crippen molar-refractivity contribution in [3.63, 3.8) is 0 Å². The van der Waals surface area contributed by atoms with Gasteiger partial charge in [-0.15, -0.1) is 11.8 Å². The van der Waals surface area contributed by atoms with Crippen LogP contribution in [0.5, 0.6) is 0 Å². The Hall–Kier alpha value is -2.41. The third-order valence-corrected chi connectivity index (χ3v) is 5.13. The van der Waals surface area contributed by atoms with Gasteiger partial charge in [0.25, 0.3) is 5.91 Å². The fourth-order valence-corrected chi connectivity index (χ4v) is 3.70. The highest BCUT2D eigenvalue weighted by Crippen LogP contribution is 2.34. The summed E-state index contributed by atoms with van der Waals surface area (Å²) in [5.41, 5.74) is 1.19. The molecule has 7 heteroatoms. The van der Waals surface area contributed by atoms with Crippen molar-refractivity contribution in [3.05, 3.63) is 59.5 Å². The zero-order valence-electron chi connectivity index (χ0n) is 13.6. The molecule has 1 saturated heterocycles. The van der Waals surface area contributed by atoms with Gasteiger partial charge in [-0.05, 0) is 36.1 Å². The predicted molar refractivity (Wildman–Crippen MR) is 92.2 cm³/mol. The van der Waals surface area contributed by atoms with Crippen LogP contribution >= 0.6 is 11.8 Å². The van der Waals surface area contributed by atoms with E-state index in [0.717, 1.165) is 5.56 Å². The Balaban J connectivity index is 1.88. The van der Waals surface area contributed by atoms with Gasteiger partial charge in [-0.25, -0.2) is 9.37 Å². The van der Waals surface area contributed by atoms with Crippen molar-refractivity contribution in [3.8, 4) is 0 Å². The first-order valence-electron chi connectivity index (χ1n) is 7.77. The molecule has 3 rings (SSSR count). The number of hydrogen-bond donors (Lipinski definition) is 1. The standard InChI is InChI=1S/C18H17FN2O3S/c1-25-16-13(3-2-8-20-16)17(22)21-9-14(15(10-21)18(23)24)11-4-6-12(19)7-5-11/h2-8,14-15H,9-10H2,1H3,(H,23,24)/t14-,15+/m1/s1. The summed E-state index contributed by atoms with van der Waals surface area (Å²) < 4.78 is 13.1. The average molecular weight is 360 g/mol. The first-order chi connectivity index (χ1) is 12.0. The molecule has 5 nitrogen and oxygen atoms in total. The molecule has 1 aliphatic rings. The molecule has 0 saturated carbocycles. The van der Waals surface area contributed by atoms with Crippen LogP contribution in [-0.2, 0) is 4.79 Å². The van der Waals surface area contributed by atoms with Crippen LogP contribution in [0.15, 0.2) is 47.6 Å². The van der Waals surface area contributed by atoms with Crippen LogP contribution in [0.2, 0.25) is 0 Å². The van der Waals surface area contributed by atoms with Crippen LogP contribution in [0.3, 0.4) is 0 Å². The Bertz CT molecular complexity index is 797. The number of aromatic nitrogens is 1. The minimum atomic E-state index is -0.957. The molecule has 0 aliphatic carbocycles. The van der Waals surface area contributed by atoms with Crippen molar-refractivity contribution in [2.45, 2.75) is 10.9 Å². The number of hydrogen-bond acceptors (Lipinski definition) is 4. The molecule has 2 heterocycles. The highest BCUT2D eigenvalue weighted by Gasteiger charge is 2.41. The van der Waals surface area contributed by atoms with Crippen molar-refractivity contribution < 1.29 is 19.1 Å². The molecule has 0 bridgehead atoms. The predicted octanol–water partition coefficient (Wildman–Crippen LogP) is 2.88. The van der Waals surface area contributed by atoms with Gasteiger partial charge in [-0.3, -0.25) is 9.59 Å². The molecule has 25 heavy (non-hydrogen) atoms. The van der Waals surface area contributed by atoms with E-state index in [1.807, 2.05) is 6.26 Å². The summed E-state index contributed by atoms with van der Waals surface area (Å²) in [6, 6.07) is 9.18. The number of pyridine rings is 1. The maximum absolute atomic E-state index is 13.1. The highest BCUT2D eigenvalue weighted by atomic mass is 32.2. The molecule has 1 aromatic heterocycles. The van der Waals surface area contributed by atoms with Gasteiger partial charge < -0.3 is 10.0 Å². The van der Waals surface area contributed by atoms with Gasteiger partial charge in [0.1, 0.15) is 10.8 Å². The van der Waals surface area contributed by atoms with Crippen molar-refractivity contribution in [2.24, 2.45) is 5.92 Å².